The van der Waals surface area contributed by atoms with Crippen LogP contribution in [-0.4, -0.2) is 49.3 Å². The fraction of sp³-hybridized carbons (Fsp3) is 0.500. The van der Waals surface area contributed by atoms with Gasteiger partial charge in [0.1, 0.15) is 11.2 Å². The van der Waals surface area contributed by atoms with Gasteiger partial charge < -0.3 is 14.9 Å². The van der Waals surface area contributed by atoms with Crippen molar-refractivity contribution in [3.05, 3.63) is 29.8 Å². The number of aliphatic hydroxyl groups excluding tert-OH is 1. The highest BCUT2D eigenvalue weighted by Crippen LogP contribution is 2.63. The predicted molar refractivity (Wildman–Crippen MR) is 76.1 cm³/mol. The van der Waals surface area contributed by atoms with E-state index in [1.54, 1.807) is 24.3 Å². The molecule has 3 atom stereocenters. The Morgan fingerprint density at radius 2 is 1.90 bits per heavy atom. The molecule has 2 N–H and O–H groups in total. The van der Waals surface area contributed by atoms with Crippen molar-refractivity contribution in [2.24, 2.45) is 5.41 Å². The number of carboxylic acids is 1. The first-order valence-electron chi connectivity index (χ1n) is 6.55. The van der Waals surface area contributed by atoms with Crippen molar-refractivity contribution < 1.29 is 28.2 Å². The third-order valence-corrected chi connectivity index (χ3v) is 6.45. The Hall–Kier alpha value is -1.60. The van der Waals surface area contributed by atoms with Crippen molar-refractivity contribution in [2.75, 3.05) is 19.5 Å². The average molecular weight is 314 g/mol. The van der Waals surface area contributed by atoms with Crippen LogP contribution in [0.4, 0.5) is 0 Å². The number of methoxy groups -OCH3 is 1. The van der Waals surface area contributed by atoms with E-state index in [2.05, 4.69) is 0 Å². The molecule has 1 aliphatic rings. The number of hydrogen-bond donors (Lipinski definition) is 2. The molecule has 0 saturated heterocycles. The van der Waals surface area contributed by atoms with Gasteiger partial charge in [-0.05, 0) is 17.7 Å². The van der Waals surface area contributed by atoms with Gasteiger partial charge in [-0.2, -0.15) is 0 Å². The highest BCUT2D eigenvalue weighted by atomic mass is 32.2. The molecule has 1 saturated carbocycles. The summed E-state index contributed by atoms with van der Waals surface area (Å²) in [4.78, 5) is 11.5. The Kier molecular flexibility index (Phi) is 3.99. The minimum absolute atomic E-state index is 0.153. The van der Waals surface area contributed by atoms with Crippen LogP contribution in [0.25, 0.3) is 0 Å². The van der Waals surface area contributed by atoms with E-state index in [-0.39, 0.29) is 5.75 Å². The number of carboxylic acid groups (broad SMARTS) is 1. The van der Waals surface area contributed by atoms with Crippen LogP contribution in [-0.2, 0) is 14.6 Å². The van der Waals surface area contributed by atoms with E-state index < -0.39 is 39.0 Å². The Balaban J connectivity index is 2.47. The van der Waals surface area contributed by atoms with Crippen LogP contribution >= 0.6 is 0 Å². The maximum absolute atomic E-state index is 12.1. The van der Waals surface area contributed by atoms with E-state index in [1.165, 1.54) is 14.0 Å². The minimum atomic E-state index is -3.57. The van der Waals surface area contributed by atoms with Gasteiger partial charge in [0.15, 0.2) is 9.84 Å². The normalized spacial score (nSPS) is 28.1. The topological polar surface area (TPSA) is 101 Å². The van der Waals surface area contributed by atoms with Gasteiger partial charge in [-0.3, -0.25) is 4.79 Å². The monoisotopic (exact) mass is 314 g/mol. The molecule has 0 amide bonds. The quantitative estimate of drug-likeness (QED) is 0.800. The SMILES string of the molecule is CCS(=O)(=O)[C@@H]1[C@H](c2ccc(OC)cc2)[C@@]1(CO)C(=O)O. The molecule has 1 aliphatic carbocycles. The maximum atomic E-state index is 12.1. The molecule has 1 aromatic carbocycles. The van der Waals surface area contributed by atoms with Gasteiger partial charge in [0.25, 0.3) is 0 Å². The molecule has 116 valence electrons. The van der Waals surface area contributed by atoms with E-state index in [9.17, 15) is 23.4 Å². The summed E-state index contributed by atoms with van der Waals surface area (Å²) in [6.07, 6.45) is 0. The van der Waals surface area contributed by atoms with Gasteiger partial charge in [0, 0.05) is 11.7 Å². The fourth-order valence-electron chi connectivity index (χ4n) is 2.91. The largest absolute Gasteiger partial charge is 0.497 e. The third kappa shape index (κ3) is 2.30. The van der Waals surface area contributed by atoms with Crippen molar-refractivity contribution in [2.45, 2.75) is 18.1 Å². The van der Waals surface area contributed by atoms with E-state index in [1.807, 2.05) is 0 Å². The molecule has 0 radical (unpaired) electrons. The van der Waals surface area contributed by atoms with Crippen LogP contribution in [0, 0.1) is 5.41 Å². The van der Waals surface area contributed by atoms with Gasteiger partial charge in [-0.25, -0.2) is 8.42 Å². The van der Waals surface area contributed by atoms with Crippen LogP contribution in [0.2, 0.25) is 0 Å². The van der Waals surface area contributed by atoms with E-state index in [4.69, 9.17) is 4.74 Å². The summed E-state index contributed by atoms with van der Waals surface area (Å²) < 4.78 is 29.3. The lowest BCUT2D eigenvalue weighted by molar-refractivity contribution is -0.145. The molecule has 2 rings (SSSR count). The van der Waals surface area contributed by atoms with Gasteiger partial charge >= 0.3 is 5.97 Å². The van der Waals surface area contributed by atoms with Crippen LogP contribution < -0.4 is 4.74 Å². The highest BCUT2D eigenvalue weighted by Gasteiger charge is 2.75. The number of sulfone groups is 1. The lowest BCUT2D eigenvalue weighted by Gasteiger charge is -2.09. The average Bonchev–Trinajstić information content (AvgIpc) is 3.19. The van der Waals surface area contributed by atoms with Gasteiger partial charge in [0.2, 0.25) is 0 Å². The smallest absolute Gasteiger partial charge is 0.314 e. The molecule has 0 heterocycles. The zero-order chi connectivity index (χ0) is 15.8. The molecule has 0 aliphatic heterocycles. The molecule has 0 aromatic heterocycles. The standard InChI is InChI=1S/C14H18O6S/c1-3-21(18,19)12-11(14(12,8-15)13(16)17)9-4-6-10(20-2)7-5-9/h4-7,11-12,15H,3,8H2,1-2H3,(H,16,17)/t11-,12+,14+/m0/s1. The molecular weight excluding hydrogens is 296 g/mol. The number of rotatable bonds is 6. The van der Waals surface area contributed by atoms with E-state index >= 15 is 0 Å². The van der Waals surface area contributed by atoms with Crippen molar-refractivity contribution >= 4 is 15.8 Å². The molecule has 6 nitrogen and oxygen atoms in total. The summed E-state index contributed by atoms with van der Waals surface area (Å²) in [7, 11) is -2.07. The zero-order valence-electron chi connectivity index (χ0n) is 11.8. The first-order valence-corrected chi connectivity index (χ1v) is 8.26. The molecule has 0 spiro atoms. The summed E-state index contributed by atoms with van der Waals surface area (Å²) in [6.45, 7) is 0.769. The summed E-state index contributed by atoms with van der Waals surface area (Å²) in [5.41, 5.74) is -1.07. The molecule has 1 aromatic rings. The summed E-state index contributed by atoms with van der Waals surface area (Å²) >= 11 is 0. The van der Waals surface area contributed by atoms with Crippen LogP contribution in [0.15, 0.2) is 24.3 Å². The number of hydrogen-bond acceptors (Lipinski definition) is 5. The summed E-state index contributed by atoms with van der Waals surface area (Å²) in [5, 5.41) is 17.8. The molecule has 21 heavy (non-hydrogen) atoms. The molecule has 0 unspecified atom stereocenters. The predicted octanol–water partition coefficient (Wildman–Crippen LogP) is 0.659. The first-order chi connectivity index (χ1) is 9.85. The summed E-state index contributed by atoms with van der Waals surface area (Å²) in [6, 6.07) is 6.57. The van der Waals surface area contributed by atoms with Crippen LogP contribution in [0.5, 0.6) is 5.75 Å². The van der Waals surface area contributed by atoms with Crippen LogP contribution in [0.1, 0.15) is 18.4 Å². The third-order valence-electron chi connectivity index (χ3n) is 4.18. The van der Waals surface area contributed by atoms with Gasteiger partial charge in [-0.1, -0.05) is 19.1 Å². The van der Waals surface area contributed by atoms with Crippen molar-refractivity contribution in [1.29, 1.82) is 0 Å². The first kappa shape index (κ1) is 15.8. The Morgan fingerprint density at radius 3 is 2.29 bits per heavy atom. The lowest BCUT2D eigenvalue weighted by atomic mass is 10.00. The van der Waals surface area contributed by atoms with Crippen molar-refractivity contribution in [3.8, 4) is 5.75 Å². The maximum Gasteiger partial charge on any atom is 0.314 e. The highest BCUT2D eigenvalue weighted by molar-refractivity contribution is 7.92. The molecule has 0 bridgehead atoms. The van der Waals surface area contributed by atoms with E-state index in [0.29, 0.717) is 11.3 Å². The Bertz CT molecular complexity index is 636. The van der Waals surface area contributed by atoms with E-state index in [0.717, 1.165) is 0 Å². The molecular formula is C14H18O6S. The van der Waals surface area contributed by atoms with Crippen molar-refractivity contribution in [1.82, 2.24) is 0 Å². The molecule has 7 heteroatoms. The fourth-order valence-corrected chi connectivity index (χ4v) is 4.96. The van der Waals surface area contributed by atoms with Crippen molar-refractivity contribution in [3.63, 3.8) is 0 Å². The Morgan fingerprint density at radius 1 is 1.33 bits per heavy atom. The number of carbonyl (C=O) groups is 1. The number of ether oxygens (including phenoxy) is 1. The van der Waals surface area contributed by atoms with Gasteiger partial charge in [0.05, 0.1) is 19.0 Å². The lowest BCUT2D eigenvalue weighted by Crippen LogP contribution is -2.28. The Labute approximate surface area is 123 Å². The second-order valence-electron chi connectivity index (χ2n) is 5.13. The van der Waals surface area contributed by atoms with Crippen LogP contribution in [0.3, 0.4) is 0 Å². The second kappa shape index (κ2) is 5.31. The second-order valence-corrected chi connectivity index (χ2v) is 7.54. The number of aliphatic carboxylic acids is 1. The van der Waals surface area contributed by atoms with Gasteiger partial charge in [-0.15, -0.1) is 0 Å². The number of aliphatic hydroxyl groups is 1. The summed E-state index contributed by atoms with van der Waals surface area (Å²) in [5.74, 6) is -1.58. The minimum Gasteiger partial charge on any atom is -0.497 e. The molecule has 1 fully saturated rings. The number of benzene rings is 1. The zero-order valence-corrected chi connectivity index (χ0v) is 12.6.